The summed E-state index contributed by atoms with van der Waals surface area (Å²) in [6.45, 7) is 7.50. The van der Waals surface area contributed by atoms with Crippen LogP contribution in [-0.4, -0.2) is 61.5 Å². The van der Waals surface area contributed by atoms with Gasteiger partial charge in [0.05, 0.1) is 19.2 Å². The van der Waals surface area contributed by atoms with Crippen molar-refractivity contribution in [1.29, 1.82) is 0 Å². The van der Waals surface area contributed by atoms with Gasteiger partial charge in [-0.25, -0.2) is 4.79 Å². The number of rotatable bonds is 7. The van der Waals surface area contributed by atoms with Gasteiger partial charge in [0.2, 0.25) is 5.91 Å². The maximum absolute atomic E-state index is 12.7. The zero-order valence-corrected chi connectivity index (χ0v) is 18.9. The van der Waals surface area contributed by atoms with Gasteiger partial charge in [-0.3, -0.25) is 14.6 Å². The molecule has 2 atom stereocenters. The van der Waals surface area contributed by atoms with E-state index in [-0.39, 0.29) is 5.91 Å². The van der Waals surface area contributed by atoms with E-state index in [0.29, 0.717) is 29.8 Å². The van der Waals surface area contributed by atoms with E-state index in [1.807, 2.05) is 26.1 Å². The molecule has 1 amide bonds. The predicted molar refractivity (Wildman–Crippen MR) is 123 cm³/mol. The van der Waals surface area contributed by atoms with E-state index in [1.165, 1.54) is 12.7 Å². The third-order valence-electron chi connectivity index (χ3n) is 6.09. The molecule has 0 radical (unpaired) electrons. The van der Waals surface area contributed by atoms with Gasteiger partial charge in [0.1, 0.15) is 0 Å². The van der Waals surface area contributed by atoms with Crippen molar-refractivity contribution in [3.05, 3.63) is 65.2 Å². The average molecular weight is 424 g/mol. The smallest absolute Gasteiger partial charge is 0.337 e. The van der Waals surface area contributed by atoms with Gasteiger partial charge in [0.15, 0.2) is 0 Å². The van der Waals surface area contributed by atoms with Crippen molar-refractivity contribution in [3.8, 4) is 0 Å². The third-order valence-corrected chi connectivity index (χ3v) is 6.09. The van der Waals surface area contributed by atoms with Gasteiger partial charge < -0.3 is 10.1 Å². The van der Waals surface area contributed by atoms with E-state index < -0.39 is 5.97 Å². The summed E-state index contributed by atoms with van der Waals surface area (Å²) in [5.41, 5.74) is 3.32. The number of nitrogens with zero attached hydrogens (tertiary/aromatic N) is 2. The lowest BCUT2D eigenvalue weighted by atomic mass is 9.92. The number of piperidine rings is 1. The predicted octanol–water partition coefficient (Wildman–Crippen LogP) is 3.56. The maximum atomic E-state index is 12.7. The molecule has 1 fully saturated rings. The normalized spacial score (nSPS) is 19.3. The molecule has 0 bridgehead atoms. The number of anilines is 1. The maximum Gasteiger partial charge on any atom is 0.337 e. The highest BCUT2D eigenvalue weighted by Gasteiger charge is 2.29. The Morgan fingerprint density at radius 2 is 1.94 bits per heavy atom. The lowest BCUT2D eigenvalue weighted by Crippen LogP contribution is -2.50. The third kappa shape index (κ3) is 6.15. The summed E-state index contributed by atoms with van der Waals surface area (Å²) >= 11 is 0. The Bertz CT molecular complexity index is 900. The van der Waals surface area contributed by atoms with Crippen LogP contribution in [0.1, 0.15) is 34.8 Å². The minimum Gasteiger partial charge on any atom is -0.465 e. The Balaban J connectivity index is 1.54. The van der Waals surface area contributed by atoms with Crippen LogP contribution in [-0.2, 0) is 16.1 Å². The zero-order chi connectivity index (χ0) is 22.4. The molecule has 2 unspecified atom stereocenters. The van der Waals surface area contributed by atoms with Crippen LogP contribution in [0.15, 0.2) is 48.5 Å². The number of nitrogens with one attached hydrogen (secondary N) is 1. The van der Waals surface area contributed by atoms with Crippen LogP contribution in [0.5, 0.6) is 0 Å². The number of aryl methyl sites for hydroxylation is 1. The minimum atomic E-state index is -0.413. The molecule has 1 aliphatic heterocycles. The highest BCUT2D eigenvalue weighted by Crippen LogP contribution is 2.23. The Morgan fingerprint density at radius 3 is 2.61 bits per heavy atom. The summed E-state index contributed by atoms with van der Waals surface area (Å²) in [7, 11) is 3.37. The van der Waals surface area contributed by atoms with Crippen molar-refractivity contribution in [1.82, 2.24) is 9.80 Å². The molecule has 3 rings (SSSR count). The fourth-order valence-corrected chi connectivity index (χ4v) is 4.39. The van der Waals surface area contributed by atoms with Crippen molar-refractivity contribution < 1.29 is 14.3 Å². The second-order valence-corrected chi connectivity index (χ2v) is 8.54. The van der Waals surface area contributed by atoms with Crippen LogP contribution in [0.25, 0.3) is 0 Å². The molecule has 2 aromatic rings. The molecule has 1 N–H and O–H groups in total. The molecular weight excluding hydrogens is 390 g/mol. The first-order chi connectivity index (χ1) is 14.9. The molecule has 0 aromatic heterocycles. The summed E-state index contributed by atoms with van der Waals surface area (Å²) in [5.74, 6) is -0.0186. The minimum absolute atomic E-state index is 0.0773. The van der Waals surface area contributed by atoms with Crippen LogP contribution in [0.2, 0.25) is 0 Å². The topological polar surface area (TPSA) is 61.9 Å². The summed E-state index contributed by atoms with van der Waals surface area (Å²) in [5, 5.41) is 2.96. The van der Waals surface area contributed by atoms with E-state index in [4.69, 9.17) is 4.74 Å². The second kappa shape index (κ2) is 10.6. The summed E-state index contributed by atoms with van der Waals surface area (Å²) in [6, 6.07) is 16.1. The summed E-state index contributed by atoms with van der Waals surface area (Å²) in [6.07, 6.45) is 1.04. The number of benzene rings is 2. The van der Waals surface area contributed by atoms with Gasteiger partial charge in [-0.1, -0.05) is 43.3 Å². The van der Waals surface area contributed by atoms with Crippen LogP contribution < -0.4 is 5.32 Å². The van der Waals surface area contributed by atoms with Gasteiger partial charge in [0, 0.05) is 24.8 Å². The molecule has 31 heavy (non-hydrogen) atoms. The lowest BCUT2D eigenvalue weighted by Gasteiger charge is -2.41. The number of hydrogen-bond acceptors (Lipinski definition) is 5. The van der Waals surface area contributed by atoms with Gasteiger partial charge in [-0.2, -0.15) is 0 Å². The number of esters is 1. The number of carbonyl (C=O) groups is 2. The first-order valence-electron chi connectivity index (χ1n) is 10.8. The van der Waals surface area contributed by atoms with E-state index in [0.717, 1.165) is 31.6 Å². The standard InChI is InChI=1S/C25H33N3O3/c1-18-10-11-21(25(30)31-4)14-22(18)26-24(29)17-27(3)23-12-13-28(15-19(23)2)16-20-8-6-5-7-9-20/h5-11,14,19,23H,12-13,15-17H2,1-4H3,(H,26,29). The SMILES string of the molecule is COC(=O)c1ccc(C)c(NC(=O)CN(C)C2CCN(Cc3ccccc3)CC2C)c1. The Labute approximate surface area is 185 Å². The van der Waals surface area contributed by atoms with Crippen molar-refractivity contribution in [2.24, 2.45) is 5.92 Å². The lowest BCUT2D eigenvalue weighted by molar-refractivity contribution is -0.118. The number of ether oxygens (including phenoxy) is 1. The van der Waals surface area contributed by atoms with E-state index in [2.05, 4.69) is 46.3 Å². The van der Waals surface area contributed by atoms with Crippen LogP contribution in [0, 0.1) is 12.8 Å². The van der Waals surface area contributed by atoms with Gasteiger partial charge in [0.25, 0.3) is 0 Å². The van der Waals surface area contributed by atoms with Gasteiger partial charge in [-0.15, -0.1) is 0 Å². The average Bonchev–Trinajstić information content (AvgIpc) is 2.75. The monoisotopic (exact) mass is 423 g/mol. The molecule has 6 heteroatoms. The van der Waals surface area contributed by atoms with Crippen molar-refractivity contribution >= 4 is 17.6 Å². The van der Waals surface area contributed by atoms with Crippen LogP contribution in [0.4, 0.5) is 5.69 Å². The molecule has 6 nitrogen and oxygen atoms in total. The van der Waals surface area contributed by atoms with E-state index in [9.17, 15) is 9.59 Å². The number of methoxy groups -OCH3 is 1. The number of likely N-dealkylation sites (N-methyl/N-ethyl adjacent to an activating group) is 1. The number of carbonyl (C=O) groups excluding carboxylic acids is 2. The quantitative estimate of drug-likeness (QED) is 0.690. The fraction of sp³-hybridized carbons (Fsp3) is 0.440. The van der Waals surface area contributed by atoms with Crippen LogP contribution >= 0.6 is 0 Å². The summed E-state index contributed by atoms with van der Waals surface area (Å²) in [4.78, 5) is 29.1. The van der Waals surface area contributed by atoms with Gasteiger partial charge in [-0.05, 0) is 56.1 Å². The van der Waals surface area contributed by atoms with Crippen molar-refractivity contribution in [3.63, 3.8) is 0 Å². The number of hydrogen-bond donors (Lipinski definition) is 1. The molecule has 1 heterocycles. The van der Waals surface area contributed by atoms with Crippen molar-refractivity contribution in [2.75, 3.05) is 39.1 Å². The van der Waals surface area contributed by atoms with E-state index in [1.54, 1.807) is 12.1 Å². The molecule has 166 valence electrons. The molecule has 1 aliphatic rings. The number of likely N-dealkylation sites (tertiary alicyclic amines) is 1. The molecular formula is C25H33N3O3. The van der Waals surface area contributed by atoms with Gasteiger partial charge >= 0.3 is 5.97 Å². The number of amides is 1. The Morgan fingerprint density at radius 1 is 1.19 bits per heavy atom. The molecule has 2 aromatic carbocycles. The van der Waals surface area contributed by atoms with E-state index >= 15 is 0 Å². The highest BCUT2D eigenvalue weighted by molar-refractivity contribution is 5.96. The van der Waals surface area contributed by atoms with Crippen LogP contribution in [0.3, 0.4) is 0 Å². The Hall–Kier alpha value is -2.70. The highest BCUT2D eigenvalue weighted by atomic mass is 16.5. The first-order valence-corrected chi connectivity index (χ1v) is 10.8. The largest absolute Gasteiger partial charge is 0.465 e. The first kappa shape index (κ1) is 23.0. The zero-order valence-electron chi connectivity index (χ0n) is 18.9. The Kier molecular flexibility index (Phi) is 7.82. The molecule has 0 saturated carbocycles. The molecule has 0 aliphatic carbocycles. The second-order valence-electron chi connectivity index (χ2n) is 8.54. The molecule has 0 spiro atoms. The van der Waals surface area contributed by atoms with Crippen molar-refractivity contribution in [2.45, 2.75) is 32.9 Å². The molecule has 1 saturated heterocycles. The summed E-state index contributed by atoms with van der Waals surface area (Å²) < 4.78 is 4.77. The fourth-order valence-electron chi connectivity index (χ4n) is 4.39.